The normalized spacial score (nSPS) is 15.7. The van der Waals surface area contributed by atoms with Crippen molar-refractivity contribution in [1.29, 1.82) is 0 Å². The molecule has 0 N–H and O–H groups in total. The Morgan fingerprint density at radius 3 is 2.59 bits per heavy atom. The molecule has 3 rings (SSSR count). The highest BCUT2D eigenvalue weighted by Crippen LogP contribution is 2.38. The Balaban J connectivity index is 1.69. The highest BCUT2D eigenvalue weighted by Gasteiger charge is 2.23. The number of ether oxygens (including phenoxy) is 1. The topological polar surface area (TPSA) is 24.8 Å². The first-order valence-electron chi connectivity index (χ1n) is 7.39. The zero-order valence-electron chi connectivity index (χ0n) is 12.5. The van der Waals surface area contributed by atoms with E-state index in [1.165, 1.54) is 0 Å². The molecule has 0 spiro atoms. The molecule has 0 amide bonds. The summed E-state index contributed by atoms with van der Waals surface area (Å²) in [4.78, 5) is 6.50. The van der Waals surface area contributed by atoms with Crippen molar-refractivity contribution in [2.24, 2.45) is 4.99 Å². The maximum Gasteiger partial charge on any atom is 0.200 e. The molecular formula is C19H18N2O. The van der Waals surface area contributed by atoms with Crippen molar-refractivity contribution in [2.45, 2.75) is 6.92 Å². The van der Waals surface area contributed by atoms with Gasteiger partial charge < -0.3 is 9.64 Å². The van der Waals surface area contributed by atoms with E-state index in [2.05, 4.69) is 22.9 Å². The van der Waals surface area contributed by atoms with E-state index in [1.807, 2.05) is 66.8 Å². The smallest absolute Gasteiger partial charge is 0.200 e. The average Bonchev–Trinajstić information content (AvgIpc) is 2.93. The molecule has 0 bridgehead atoms. The minimum Gasteiger partial charge on any atom is -0.439 e. The fourth-order valence-electron chi connectivity index (χ4n) is 2.33. The highest BCUT2D eigenvalue weighted by molar-refractivity contribution is 5.75. The first kappa shape index (κ1) is 14.1. The number of aliphatic imine (C=N–C) groups is 1. The first-order valence-corrected chi connectivity index (χ1v) is 7.39. The molecule has 2 aromatic rings. The Morgan fingerprint density at radius 1 is 1.00 bits per heavy atom. The summed E-state index contributed by atoms with van der Waals surface area (Å²) in [7, 11) is 0. The molecule has 3 heteroatoms. The van der Waals surface area contributed by atoms with Crippen molar-refractivity contribution < 1.29 is 4.74 Å². The minimum atomic E-state index is 0.841. The van der Waals surface area contributed by atoms with Crippen LogP contribution < -0.4 is 9.64 Å². The van der Waals surface area contributed by atoms with Gasteiger partial charge in [-0.15, -0.1) is 0 Å². The van der Waals surface area contributed by atoms with Gasteiger partial charge in [-0.2, -0.15) is 0 Å². The van der Waals surface area contributed by atoms with Crippen LogP contribution in [0.5, 0.6) is 5.75 Å². The number of hydrogen-bond acceptors (Lipinski definition) is 3. The van der Waals surface area contributed by atoms with E-state index in [0.717, 1.165) is 29.6 Å². The molecule has 1 aliphatic heterocycles. The summed E-state index contributed by atoms with van der Waals surface area (Å²) in [5.74, 6) is 1.75. The lowest BCUT2D eigenvalue weighted by Crippen LogP contribution is -2.18. The lowest BCUT2D eigenvalue weighted by Gasteiger charge is -2.14. The maximum absolute atomic E-state index is 5.87. The molecule has 0 fully saturated rings. The van der Waals surface area contributed by atoms with Crippen molar-refractivity contribution >= 4 is 17.6 Å². The number of nitrogens with zero attached hydrogens (tertiary/aromatic N) is 2. The Hall–Kier alpha value is -2.81. The Morgan fingerprint density at radius 2 is 1.77 bits per heavy atom. The summed E-state index contributed by atoms with van der Waals surface area (Å²) in [5, 5.41) is 0. The second kappa shape index (κ2) is 6.76. The largest absolute Gasteiger partial charge is 0.439 e. The van der Waals surface area contributed by atoms with Gasteiger partial charge in [0.25, 0.3) is 0 Å². The summed E-state index contributed by atoms with van der Waals surface area (Å²) in [6.45, 7) is 2.98. The summed E-state index contributed by atoms with van der Waals surface area (Å²) < 4.78 is 5.87. The summed E-state index contributed by atoms with van der Waals surface area (Å²) >= 11 is 0. The Bertz CT molecular complexity index is 717. The molecule has 1 aliphatic rings. The zero-order chi connectivity index (χ0) is 15.2. The molecule has 0 saturated carbocycles. The van der Waals surface area contributed by atoms with Crippen molar-refractivity contribution in [3.05, 3.63) is 78.7 Å². The predicted octanol–water partition coefficient (Wildman–Crippen LogP) is 4.71. The molecule has 0 saturated heterocycles. The van der Waals surface area contributed by atoms with Gasteiger partial charge in [-0.25, -0.2) is 0 Å². The average molecular weight is 290 g/mol. The second-order valence-corrected chi connectivity index (χ2v) is 4.82. The van der Waals surface area contributed by atoms with Gasteiger partial charge in [0.15, 0.2) is 5.75 Å². The van der Waals surface area contributed by atoms with E-state index in [0.29, 0.717) is 0 Å². The van der Waals surface area contributed by atoms with Gasteiger partial charge >= 0.3 is 0 Å². The highest BCUT2D eigenvalue weighted by atomic mass is 16.5. The van der Waals surface area contributed by atoms with Crippen molar-refractivity contribution in [3.63, 3.8) is 0 Å². The predicted molar refractivity (Wildman–Crippen MR) is 91.9 cm³/mol. The Labute approximate surface area is 130 Å². The Kier molecular flexibility index (Phi) is 4.35. The summed E-state index contributed by atoms with van der Waals surface area (Å²) in [6.07, 6.45) is 7.59. The van der Waals surface area contributed by atoms with Gasteiger partial charge in [-0.3, -0.25) is 4.99 Å². The number of anilines is 1. The second-order valence-electron chi connectivity index (χ2n) is 4.82. The molecule has 22 heavy (non-hydrogen) atoms. The standard InChI is InChI=1S/C19H18N2O/c1-2-21-17-12-6-7-13-18(17)22-19(21)14-8-9-15-20-16-10-4-3-5-11-16/h3-15H,2H2,1H3. The van der Waals surface area contributed by atoms with Crippen molar-refractivity contribution in [1.82, 2.24) is 0 Å². The number of fused-ring (bicyclic) bond motifs is 1. The van der Waals surface area contributed by atoms with Crippen LogP contribution in [0.25, 0.3) is 0 Å². The van der Waals surface area contributed by atoms with Gasteiger partial charge in [0.2, 0.25) is 5.88 Å². The third-order valence-corrected chi connectivity index (χ3v) is 3.37. The fourth-order valence-corrected chi connectivity index (χ4v) is 2.33. The van der Waals surface area contributed by atoms with Crippen molar-refractivity contribution in [3.8, 4) is 5.75 Å². The van der Waals surface area contributed by atoms with E-state index < -0.39 is 0 Å². The first-order chi connectivity index (χ1) is 10.9. The van der Waals surface area contributed by atoms with E-state index >= 15 is 0 Å². The number of rotatable bonds is 4. The molecule has 0 aliphatic carbocycles. The zero-order valence-corrected chi connectivity index (χ0v) is 12.5. The summed E-state index contributed by atoms with van der Waals surface area (Å²) in [5.41, 5.74) is 2.06. The number of allylic oxidation sites excluding steroid dienone is 3. The van der Waals surface area contributed by atoms with Gasteiger partial charge in [0, 0.05) is 12.8 Å². The third kappa shape index (κ3) is 3.09. The van der Waals surface area contributed by atoms with Gasteiger partial charge in [-0.05, 0) is 43.3 Å². The van der Waals surface area contributed by atoms with Crippen LogP contribution in [0.15, 0.2) is 83.7 Å². The summed E-state index contributed by atoms with van der Waals surface area (Å²) in [6, 6.07) is 17.9. The van der Waals surface area contributed by atoms with E-state index in [-0.39, 0.29) is 0 Å². The lowest BCUT2D eigenvalue weighted by atomic mass is 10.3. The minimum absolute atomic E-state index is 0.841. The van der Waals surface area contributed by atoms with Crippen LogP contribution in [-0.4, -0.2) is 12.8 Å². The van der Waals surface area contributed by atoms with Crippen LogP contribution in [-0.2, 0) is 0 Å². The van der Waals surface area contributed by atoms with E-state index in [9.17, 15) is 0 Å². The van der Waals surface area contributed by atoms with Crippen LogP contribution in [0.2, 0.25) is 0 Å². The fraction of sp³-hybridized carbons (Fsp3) is 0.105. The van der Waals surface area contributed by atoms with Crippen LogP contribution >= 0.6 is 0 Å². The number of benzene rings is 2. The quantitative estimate of drug-likeness (QED) is 0.762. The molecule has 110 valence electrons. The van der Waals surface area contributed by atoms with Crippen LogP contribution in [0, 0.1) is 0 Å². The van der Waals surface area contributed by atoms with Crippen LogP contribution in [0.3, 0.4) is 0 Å². The molecule has 0 unspecified atom stereocenters. The van der Waals surface area contributed by atoms with Gasteiger partial charge in [0.1, 0.15) is 0 Å². The molecule has 0 aromatic heterocycles. The molecular weight excluding hydrogens is 272 g/mol. The van der Waals surface area contributed by atoms with E-state index in [4.69, 9.17) is 4.74 Å². The van der Waals surface area contributed by atoms with Crippen molar-refractivity contribution in [2.75, 3.05) is 11.4 Å². The molecule has 0 radical (unpaired) electrons. The molecule has 2 aromatic carbocycles. The van der Waals surface area contributed by atoms with Crippen LogP contribution in [0.4, 0.5) is 11.4 Å². The SMILES string of the molecule is CCN1C(=CC=CC=Nc2ccccc2)Oc2ccccc21. The number of para-hydroxylation sites is 3. The van der Waals surface area contributed by atoms with Crippen LogP contribution in [0.1, 0.15) is 6.92 Å². The third-order valence-electron chi connectivity index (χ3n) is 3.37. The molecule has 3 nitrogen and oxygen atoms in total. The molecule has 1 heterocycles. The monoisotopic (exact) mass is 290 g/mol. The van der Waals surface area contributed by atoms with E-state index in [1.54, 1.807) is 6.21 Å². The van der Waals surface area contributed by atoms with Gasteiger partial charge in [0.05, 0.1) is 11.4 Å². The lowest BCUT2D eigenvalue weighted by molar-refractivity contribution is 0.440. The maximum atomic E-state index is 5.87. The number of hydrogen-bond donors (Lipinski definition) is 0. The van der Waals surface area contributed by atoms with Gasteiger partial charge in [-0.1, -0.05) is 36.4 Å². The molecule has 0 atom stereocenters.